The fourth-order valence-electron chi connectivity index (χ4n) is 1.16. The number of anilines is 1. The molecule has 0 aliphatic heterocycles. The predicted octanol–water partition coefficient (Wildman–Crippen LogP) is 1.68. The Bertz CT molecular complexity index is 470. The van der Waals surface area contributed by atoms with E-state index in [0.717, 1.165) is 4.90 Å². The highest BCUT2D eigenvalue weighted by atomic mass is 32.2. The van der Waals surface area contributed by atoms with Crippen molar-refractivity contribution in [2.75, 3.05) is 12.8 Å². The molecular formula is C10H16N2O2S2. The smallest absolute Gasteiger partial charge is 0.240 e. The topological polar surface area (TPSA) is 72.2 Å². The molecule has 0 unspecified atom stereocenters. The number of rotatable bonds is 4. The van der Waals surface area contributed by atoms with Gasteiger partial charge in [-0.05, 0) is 25.2 Å². The second-order valence-electron chi connectivity index (χ2n) is 3.57. The number of benzene rings is 1. The second-order valence-corrected chi connectivity index (χ2v) is 7.08. The first kappa shape index (κ1) is 13.3. The van der Waals surface area contributed by atoms with Crippen LogP contribution in [0.25, 0.3) is 0 Å². The van der Waals surface area contributed by atoms with Crippen LogP contribution in [-0.2, 0) is 10.0 Å². The lowest BCUT2D eigenvalue weighted by atomic mass is 10.3. The summed E-state index contributed by atoms with van der Waals surface area (Å²) < 4.78 is 25.5. The fourth-order valence-corrected chi connectivity index (χ4v) is 2.89. The predicted molar refractivity (Wildman–Crippen MR) is 68.1 cm³/mol. The lowest BCUT2D eigenvalue weighted by molar-refractivity contribution is 0.588. The van der Waals surface area contributed by atoms with E-state index >= 15 is 0 Å². The molecule has 4 nitrogen and oxygen atoms in total. The van der Waals surface area contributed by atoms with Gasteiger partial charge >= 0.3 is 0 Å². The fraction of sp³-hybridized carbons (Fsp3) is 0.400. The lowest BCUT2D eigenvalue weighted by Crippen LogP contribution is -2.18. The number of hydrogen-bond acceptors (Lipinski definition) is 4. The molecule has 0 aromatic heterocycles. The van der Waals surface area contributed by atoms with Crippen LogP contribution in [0.2, 0.25) is 0 Å². The molecule has 0 amide bonds. The minimum Gasteiger partial charge on any atom is -0.398 e. The van der Waals surface area contributed by atoms with Gasteiger partial charge in [-0.3, -0.25) is 0 Å². The Balaban J connectivity index is 3.17. The van der Waals surface area contributed by atoms with Crippen molar-refractivity contribution in [2.24, 2.45) is 0 Å². The Hall–Kier alpha value is -0.720. The van der Waals surface area contributed by atoms with Crippen LogP contribution < -0.4 is 10.5 Å². The molecule has 3 N–H and O–H groups in total. The third kappa shape index (κ3) is 3.13. The minimum atomic E-state index is -3.39. The largest absolute Gasteiger partial charge is 0.398 e. The number of thioether (sulfide) groups is 1. The lowest BCUT2D eigenvalue weighted by Gasteiger charge is -2.10. The zero-order valence-electron chi connectivity index (χ0n) is 9.52. The van der Waals surface area contributed by atoms with Gasteiger partial charge in [-0.15, -0.1) is 11.8 Å². The molecule has 0 aliphatic rings. The third-order valence-corrected chi connectivity index (χ3v) is 4.42. The van der Waals surface area contributed by atoms with E-state index in [0.29, 0.717) is 10.9 Å². The summed E-state index contributed by atoms with van der Waals surface area (Å²) in [5, 5.41) is 0.356. The molecule has 1 aromatic carbocycles. The molecular weight excluding hydrogens is 244 g/mol. The molecule has 0 fully saturated rings. The van der Waals surface area contributed by atoms with Crippen LogP contribution in [0.1, 0.15) is 13.8 Å². The molecule has 1 aromatic rings. The maximum absolute atomic E-state index is 11.6. The van der Waals surface area contributed by atoms with E-state index in [1.807, 2.05) is 13.8 Å². The molecule has 0 aliphatic carbocycles. The average molecular weight is 260 g/mol. The normalized spacial score (nSPS) is 12.0. The standard InChI is InChI=1S/C10H16N2O2S2/c1-7(2)15-10-6-8(4-5-9(10)11)16(13,14)12-3/h4-7,12H,11H2,1-3H3. The first-order chi connectivity index (χ1) is 7.36. The van der Waals surface area contributed by atoms with Crippen molar-refractivity contribution < 1.29 is 8.42 Å². The van der Waals surface area contributed by atoms with Crippen LogP contribution in [0, 0.1) is 0 Å². The van der Waals surface area contributed by atoms with Gasteiger partial charge in [0, 0.05) is 15.8 Å². The summed E-state index contributed by atoms with van der Waals surface area (Å²) in [6.07, 6.45) is 0. The van der Waals surface area contributed by atoms with Crippen molar-refractivity contribution in [3.8, 4) is 0 Å². The Morgan fingerprint density at radius 1 is 1.38 bits per heavy atom. The summed E-state index contributed by atoms with van der Waals surface area (Å²) >= 11 is 1.55. The van der Waals surface area contributed by atoms with E-state index in [4.69, 9.17) is 5.73 Å². The summed E-state index contributed by atoms with van der Waals surface area (Å²) in [6, 6.07) is 4.73. The van der Waals surface area contributed by atoms with Crippen LogP contribution in [0.15, 0.2) is 28.0 Å². The van der Waals surface area contributed by atoms with Gasteiger partial charge in [0.05, 0.1) is 4.90 Å². The van der Waals surface area contributed by atoms with Gasteiger partial charge in [-0.2, -0.15) is 0 Å². The molecule has 0 heterocycles. The van der Waals surface area contributed by atoms with Crippen molar-refractivity contribution in [3.05, 3.63) is 18.2 Å². The molecule has 90 valence electrons. The van der Waals surface area contributed by atoms with E-state index in [-0.39, 0.29) is 4.90 Å². The van der Waals surface area contributed by atoms with Crippen molar-refractivity contribution in [3.63, 3.8) is 0 Å². The van der Waals surface area contributed by atoms with Crippen molar-refractivity contribution in [2.45, 2.75) is 28.9 Å². The SMILES string of the molecule is CNS(=O)(=O)c1ccc(N)c(SC(C)C)c1. The molecule has 0 atom stereocenters. The number of nitrogens with one attached hydrogen (secondary N) is 1. The summed E-state index contributed by atoms with van der Waals surface area (Å²) in [5.41, 5.74) is 6.39. The quantitative estimate of drug-likeness (QED) is 0.638. The van der Waals surface area contributed by atoms with Gasteiger partial charge in [0.1, 0.15) is 0 Å². The van der Waals surface area contributed by atoms with Gasteiger partial charge in [0.25, 0.3) is 0 Å². The molecule has 16 heavy (non-hydrogen) atoms. The highest BCUT2D eigenvalue weighted by Gasteiger charge is 2.13. The first-order valence-corrected chi connectivity index (χ1v) is 7.23. The molecule has 0 bridgehead atoms. The monoisotopic (exact) mass is 260 g/mol. The van der Waals surface area contributed by atoms with E-state index in [2.05, 4.69) is 4.72 Å². The van der Waals surface area contributed by atoms with Gasteiger partial charge < -0.3 is 5.73 Å². The van der Waals surface area contributed by atoms with Crippen molar-refractivity contribution >= 4 is 27.5 Å². The number of sulfonamides is 1. The molecule has 0 saturated carbocycles. The summed E-state index contributed by atoms with van der Waals surface area (Å²) in [6.45, 7) is 4.06. The number of nitrogen functional groups attached to an aromatic ring is 1. The van der Waals surface area contributed by atoms with Crippen LogP contribution in [-0.4, -0.2) is 20.7 Å². The molecule has 0 saturated heterocycles. The summed E-state index contributed by atoms with van der Waals surface area (Å²) in [4.78, 5) is 1.04. The number of nitrogens with two attached hydrogens (primary N) is 1. The Morgan fingerprint density at radius 2 is 2.00 bits per heavy atom. The Morgan fingerprint density at radius 3 is 2.50 bits per heavy atom. The Labute approximate surface area is 101 Å². The highest BCUT2D eigenvalue weighted by molar-refractivity contribution is 8.00. The molecule has 1 rings (SSSR count). The second kappa shape index (κ2) is 5.07. The van der Waals surface area contributed by atoms with Gasteiger partial charge in [0.2, 0.25) is 10.0 Å². The Kier molecular flexibility index (Phi) is 4.23. The van der Waals surface area contributed by atoms with Crippen LogP contribution in [0.5, 0.6) is 0 Å². The van der Waals surface area contributed by atoms with Crippen LogP contribution in [0.4, 0.5) is 5.69 Å². The van der Waals surface area contributed by atoms with Crippen LogP contribution >= 0.6 is 11.8 Å². The van der Waals surface area contributed by atoms with Crippen molar-refractivity contribution in [1.29, 1.82) is 0 Å². The maximum atomic E-state index is 11.6. The van der Waals surface area contributed by atoms with E-state index in [1.165, 1.54) is 13.1 Å². The first-order valence-electron chi connectivity index (χ1n) is 4.86. The highest BCUT2D eigenvalue weighted by Crippen LogP contribution is 2.30. The van der Waals surface area contributed by atoms with Gasteiger partial charge in [-0.1, -0.05) is 13.8 Å². The minimum absolute atomic E-state index is 0.243. The van der Waals surface area contributed by atoms with Crippen molar-refractivity contribution in [1.82, 2.24) is 4.72 Å². The number of hydrogen-bond donors (Lipinski definition) is 2. The van der Waals surface area contributed by atoms with Gasteiger partial charge in [-0.25, -0.2) is 13.1 Å². The zero-order valence-corrected chi connectivity index (χ0v) is 11.2. The van der Waals surface area contributed by atoms with Crippen LogP contribution in [0.3, 0.4) is 0 Å². The van der Waals surface area contributed by atoms with E-state index in [1.54, 1.807) is 23.9 Å². The summed E-state index contributed by atoms with van der Waals surface area (Å²) in [7, 11) is -2.00. The molecule has 6 heteroatoms. The molecule has 0 radical (unpaired) electrons. The summed E-state index contributed by atoms with van der Waals surface area (Å²) in [5.74, 6) is 0. The van der Waals surface area contributed by atoms with Gasteiger partial charge in [0.15, 0.2) is 0 Å². The zero-order chi connectivity index (χ0) is 12.3. The molecule has 0 spiro atoms. The average Bonchev–Trinajstić information content (AvgIpc) is 2.20. The third-order valence-electron chi connectivity index (χ3n) is 1.93. The van der Waals surface area contributed by atoms with E-state index < -0.39 is 10.0 Å². The maximum Gasteiger partial charge on any atom is 0.240 e. The van der Waals surface area contributed by atoms with E-state index in [9.17, 15) is 8.42 Å².